The van der Waals surface area contributed by atoms with Gasteiger partial charge in [0.05, 0.1) is 4.90 Å². The molecule has 0 spiro atoms. The zero-order valence-electron chi connectivity index (χ0n) is 12.3. The van der Waals surface area contributed by atoms with E-state index in [-0.39, 0.29) is 10.9 Å². The fraction of sp³-hybridized carbons (Fsp3) is 0.357. The second-order valence-electron chi connectivity index (χ2n) is 5.02. The summed E-state index contributed by atoms with van der Waals surface area (Å²) in [7, 11) is -3.62. The fourth-order valence-corrected chi connectivity index (χ4v) is 3.95. The molecule has 2 rings (SSSR count). The van der Waals surface area contributed by atoms with Gasteiger partial charge in [-0.05, 0) is 18.6 Å². The maximum atomic E-state index is 12.5. The van der Waals surface area contributed by atoms with Crippen molar-refractivity contribution >= 4 is 26.5 Å². The monoisotopic (exact) mass is 325 g/mol. The minimum atomic E-state index is -3.62. The van der Waals surface area contributed by atoms with Crippen molar-refractivity contribution in [3.05, 3.63) is 40.9 Å². The highest BCUT2D eigenvalue weighted by atomic mass is 32.2. The van der Waals surface area contributed by atoms with Crippen LogP contribution in [0.5, 0.6) is 0 Å². The van der Waals surface area contributed by atoms with Gasteiger partial charge in [0.25, 0.3) is 10.0 Å². The minimum absolute atomic E-state index is 0.283. The minimum Gasteiger partial charge on any atom is -0.310 e. The van der Waals surface area contributed by atoms with Crippen molar-refractivity contribution in [2.75, 3.05) is 4.72 Å². The number of aryl methyl sites for hydroxylation is 1. The molecule has 0 aliphatic carbocycles. The lowest BCUT2D eigenvalue weighted by Gasteiger charge is -2.13. The van der Waals surface area contributed by atoms with Gasteiger partial charge in [-0.3, -0.25) is 4.72 Å². The molecule has 0 aliphatic heterocycles. The van der Waals surface area contributed by atoms with Crippen molar-refractivity contribution in [3.8, 4) is 0 Å². The Morgan fingerprint density at radius 3 is 2.62 bits per heavy atom. The quantitative estimate of drug-likeness (QED) is 0.857. The smallest absolute Gasteiger partial charge is 0.263 e. The lowest BCUT2D eigenvalue weighted by molar-refractivity contribution is 0.576. The number of hydrogen-bond donors (Lipinski definition) is 2. The summed E-state index contributed by atoms with van der Waals surface area (Å²) >= 11 is 1.32. The first kappa shape index (κ1) is 15.9. The molecule has 7 heteroatoms. The Bertz CT molecular complexity index is 709. The van der Waals surface area contributed by atoms with Crippen LogP contribution in [-0.4, -0.2) is 19.4 Å². The summed E-state index contributed by atoms with van der Waals surface area (Å²) in [6.07, 6.45) is 1.65. The van der Waals surface area contributed by atoms with Gasteiger partial charge in [-0.25, -0.2) is 13.4 Å². The van der Waals surface area contributed by atoms with Gasteiger partial charge < -0.3 is 5.32 Å². The molecule has 2 aromatic rings. The zero-order valence-corrected chi connectivity index (χ0v) is 13.9. The van der Waals surface area contributed by atoms with E-state index in [0.29, 0.717) is 11.7 Å². The summed E-state index contributed by atoms with van der Waals surface area (Å²) < 4.78 is 27.5. The van der Waals surface area contributed by atoms with Crippen LogP contribution in [0.2, 0.25) is 0 Å². The summed E-state index contributed by atoms with van der Waals surface area (Å²) in [6, 6.07) is 7.28. The molecular formula is C14H19N3O2S2. The van der Waals surface area contributed by atoms with E-state index in [1.54, 1.807) is 18.3 Å². The van der Waals surface area contributed by atoms with Crippen molar-refractivity contribution < 1.29 is 8.42 Å². The highest BCUT2D eigenvalue weighted by molar-refractivity contribution is 7.93. The molecule has 1 aromatic heterocycles. The van der Waals surface area contributed by atoms with Crippen molar-refractivity contribution in [2.24, 2.45) is 0 Å². The van der Waals surface area contributed by atoms with E-state index in [1.807, 2.05) is 32.9 Å². The predicted octanol–water partition coefficient (Wildman–Crippen LogP) is 2.75. The Morgan fingerprint density at radius 1 is 1.29 bits per heavy atom. The molecule has 21 heavy (non-hydrogen) atoms. The third kappa shape index (κ3) is 4.26. The van der Waals surface area contributed by atoms with Crippen molar-refractivity contribution in [1.29, 1.82) is 0 Å². The zero-order chi connectivity index (χ0) is 15.5. The maximum Gasteiger partial charge on any atom is 0.263 e. The number of benzene rings is 1. The molecule has 2 N–H and O–H groups in total. The van der Waals surface area contributed by atoms with Gasteiger partial charge in [0.15, 0.2) is 5.13 Å². The molecule has 0 atom stereocenters. The van der Waals surface area contributed by atoms with E-state index in [0.717, 1.165) is 10.4 Å². The van der Waals surface area contributed by atoms with E-state index < -0.39 is 10.0 Å². The molecule has 0 unspecified atom stereocenters. The fourth-order valence-electron chi connectivity index (χ4n) is 1.80. The van der Waals surface area contributed by atoms with Crippen LogP contribution >= 0.6 is 11.3 Å². The first-order valence-corrected chi connectivity index (χ1v) is 8.95. The summed E-state index contributed by atoms with van der Waals surface area (Å²) in [5, 5.41) is 3.63. The number of hydrogen-bond acceptors (Lipinski definition) is 5. The van der Waals surface area contributed by atoms with Crippen LogP contribution in [0.3, 0.4) is 0 Å². The average Bonchev–Trinajstić information content (AvgIpc) is 2.81. The molecule has 0 aliphatic rings. The lowest BCUT2D eigenvalue weighted by atomic mass is 10.2. The van der Waals surface area contributed by atoms with Crippen LogP contribution in [0.1, 0.15) is 24.3 Å². The van der Waals surface area contributed by atoms with E-state index in [9.17, 15) is 8.42 Å². The summed E-state index contributed by atoms with van der Waals surface area (Å²) in [4.78, 5) is 5.29. The van der Waals surface area contributed by atoms with E-state index in [2.05, 4.69) is 15.0 Å². The summed E-state index contributed by atoms with van der Waals surface area (Å²) in [5.41, 5.74) is 0.743. The molecule has 1 heterocycles. The normalized spacial score (nSPS) is 11.8. The van der Waals surface area contributed by atoms with Gasteiger partial charge in [0.2, 0.25) is 0 Å². The molecule has 0 saturated heterocycles. The SMILES string of the molecule is Cc1cnc(NS(=O)(=O)c2ccccc2CNC(C)C)s1. The largest absolute Gasteiger partial charge is 0.310 e. The van der Waals surface area contributed by atoms with Gasteiger partial charge >= 0.3 is 0 Å². The van der Waals surface area contributed by atoms with Gasteiger partial charge in [0, 0.05) is 23.7 Å². The first-order chi connectivity index (χ1) is 9.88. The Morgan fingerprint density at radius 2 is 2.00 bits per heavy atom. The second kappa shape index (κ2) is 6.55. The molecule has 1 aromatic carbocycles. The summed E-state index contributed by atoms with van der Waals surface area (Å²) in [5.74, 6) is 0. The molecule has 0 amide bonds. The Labute approximate surface area is 129 Å². The van der Waals surface area contributed by atoms with E-state index in [4.69, 9.17) is 0 Å². The third-order valence-corrected chi connectivity index (χ3v) is 5.20. The standard InChI is InChI=1S/C14H19N3O2S2/c1-10(2)15-9-12-6-4-5-7-13(12)21(18,19)17-14-16-8-11(3)20-14/h4-8,10,15H,9H2,1-3H3,(H,16,17). The number of sulfonamides is 1. The van der Waals surface area contributed by atoms with Crippen LogP contribution < -0.4 is 10.0 Å². The molecule has 0 radical (unpaired) electrons. The van der Waals surface area contributed by atoms with Crippen molar-refractivity contribution in [2.45, 2.75) is 38.3 Å². The highest BCUT2D eigenvalue weighted by Crippen LogP contribution is 2.23. The number of anilines is 1. The molecular weight excluding hydrogens is 306 g/mol. The summed E-state index contributed by atoms with van der Waals surface area (Å²) in [6.45, 7) is 6.43. The maximum absolute atomic E-state index is 12.5. The average molecular weight is 325 g/mol. The molecule has 114 valence electrons. The van der Waals surface area contributed by atoms with Crippen LogP contribution in [0.25, 0.3) is 0 Å². The van der Waals surface area contributed by atoms with Gasteiger partial charge in [0.1, 0.15) is 0 Å². The van der Waals surface area contributed by atoms with Gasteiger partial charge in [-0.2, -0.15) is 0 Å². The second-order valence-corrected chi connectivity index (χ2v) is 7.91. The van der Waals surface area contributed by atoms with Crippen LogP contribution in [0.15, 0.2) is 35.4 Å². The molecule has 0 saturated carbocycles. The lowest BCUT2D eigenvalue weighted by Crippen LogP contribution is -2.24. The van der Waals surface area contributed by atoms with E-state index >= 15 is 0 Å². The highest BCUT2D eigenvalue weighted by Gasteiger charge is 2.19. The number of nitrogens with one attached hydrogen (secondary N) is 2. The molecule has 0 bridgehead atoms. The van der Waals surface area contributed by atoms with Crippen molar-refractivity contribution in [1.82, 2.24) is 10.3 Å². The van der Waals surface area contributed by atoms with Crippen LogP contribution in [0.4, 0.5) is 5.13 Å². The Balaban J connectivity index is 2.27. The topological polar surface area (TPSA) is 71.1 Å². The number of nitrogens with zero attached hydrogens (tertiary/aromatic N) is 1. The number of thiazole rings is 1. The first-order valence-electron chi connectivity index (χ1n) is 6.65. The van der Waals surface area contributed by atoms with Gasteiger partial charge in [-0.1, -0.05) is 32.0 Å². The van der Waals surface area contributed by atoms with Crippen LogP contribution in [-0.2, 0) is 16.6 Å². The predicted molar refractivity (Wildman–Crippen MR) is 86.1 cm³/mol. The number of rotatable bonds is 6. The molecule has 5 nitrogen and oxygen atoms in total. The molecule has 0 fully saturated rings. The van der Waals surface area contributed by atoms with Crippen LogP contribution in [0, 0.1) is 6.92 Å². The number of aromatic nitrogens is 1. The Hall–Kier alpha value is -1.44. The van der Waals surface area contributed by atoms with Gasteiger partial charge in [-0.15, -0.1) is 11.3 Å². The van der Waals surface area contributed by atoms with Crippen molar-refractivity contribution in [3.63, 3.8) is 0 Å². The Kier molecular flexibility index (Phi) is 4.97. The van der Waals surface area contributed by atoms with E-state index in [1.165, 1.54) is 11.3 Å². The third-order valence-electron chi connectivity index (χ3n) is 2.81.